The van der Waals surface area contributed by atoms with Crippen LogP contribution in [0.5, 0.6) is 0 Å². The first kappa shape index (κ1) is 24.6. The van der Waals surface area contributed by atoms with Gasteiger partial charge in [-0.2, -0.15) is 17.5 Å². The summed E-state index contributed by atoms with van der Waals surface area (Å²) in [4.78, 5) is 7.85. The van der Waals surface area contributed by atoms with Crippen molar-refractivity contribution in [2.45, 2.75) is 31.3 Å². The van der Waals surface area contributed by atoms with E-state index in [-0.39, 0.29) is 12.3 Å². The fraction of sp³-hybridized carbons (Fsp3) is 0.308. The highest BCUT2D eigenvalue weighted by Gasteiger charge is 2.33. The Labute approximate surface area is 208 Å². The second-order valence-electron chi connectivity index (χ2n) is 8.93. The Morgan fingerprint density at radius 2 is 1.89 bits per heavy atom. The zero-order chi connectivity index (χ0) is 25.3. The van der Waals surface area contributed by atoms with E-state index < -0.39 is 21.8 Å². The Kier molecular flexibility index (Phi) is 6.67. The van der Waals surface area contributed by atoms with E-state index in [1.54, 1.807) is 12.1 Å². The molecule has 1 aromatic heterocycles. The maximum atomic E-state index is 13.6. The lowest BCUT2D eigenvalue weighted by Gasteiger charge is -2.30. The first-order chi connectivity index (χ1) is 17.2. The number of nitrogens with one attached hydrogen (secondary N) is 1. The maximum Gasteiger partial charge on any atom is 0.416 e. The second kappa shape index (κ2) is 9.76. The average Bonchev–Trinajstić information content (AvgIpc) is 2.88. The number of hydrogen-bond donors (Lipinski definition) is 1. The number of hydrogen-bond acceptors (Lipinski definition) is 5. The van der Waals surface area contributed by atoms with Crippen LogP contribution in [0.1, 0.15) is 34.4 Å². The van der Waals surface area contributed by atoms with Gasteiger partial charge in [-0.3, -0.25) is 0 Å². The second-order valence-corrected chi connectivity index (χ2v) is 10.9. The summed E-state index contributed by atoms with van der Waals surface area (Å²) in [7, 11) is -3.60. The van der Waals surface area contributed by atoms with Gasteiger partial charge in [0.05, 0.1) is 11.3 Å². The molecule has 0 amide bonds. The molecule has 0 fully saturated rings. The van der Waals surface area contributed by atoms with Crippen molar-refractivity contribution in [2.24, 2.45) is 0 Å². The van der Waals surface area contributed by atoms with Gasteiger partial charge in [0.25, 0.3) is 0 Å². The van der Waals surface area contributed by atoms with Crippen LogP contribution in [0.25, 0.3) is 16.7 Å². The Balaban J connectivity index is 1.51. The fourth-order valence-corrected chi connectivity index (χ4v) is 6.28. The predicted molar refractivity (Wildman–Crippen MR) is 131 cm³/mol. The minimum atomic E-state index is -4.44. The van der Waals surface area contributed by atoms with Gasteiger partial charge >= 0.3 is 6.18 Å². The lowest BCUT2D eigenvalue weighted by atomic mass is 9.85. The number of nitrogens with zero attached hydrogens (tertiary/aromatic N) is 3. The zero-order valence-electron chi connectivity index (χ0n) is 19.4. The van der Waals surface area contributed by atoms with Crippen LogP contribution in [0.4, 0.5) is 13.2 Å². The standard InChI is InChI=1S/C26H25F3N4O2S/c27-26(28,29)20-4-5-24(25(14-20)18-6-10-30-11-7-18)23-3-1-2-19-15-33(13-9-22(19)23)36(34,35)16-21-8-12-31-17-32-21/h1-6,8,12,14,17,30H,7,9-11,13,15-16H2. The van der Waals surface area contributed by atoms with Gasteiger partial charge < -0.3 is 5.32 Å². The van der Waals surface area contributed by atoms with Crippen molar-refractivity contribution in [1.29, 1.82) is 0 Å². The molecule has 1 N–H and O–H groups in total. The molecule has 36 heavy (non-hydrogen) atoms. The van der Waals surface area contributed by atoms with E-state index in [0.717, 1.165) is 33.9 Å². The molecule has 5 rings (SSSR count). The molecule has 0 saturated carbocycles. The molecule has 2 aliphatic rings. The summed E-state index contributed by atoms with van der Waals surface area (Å²) in [5.74, 6) is -0.213. The average molecular weight is 515 g/mol. The van der Waals surface area contributed by atoms with Crippen LogP contribution in [-0.4, -0.2) is 42.3 Å². The molecule has 0 aliphatic carbocycles. The van der Waals surface area contributed by atoms with Crippen LogP contribution in [0.3, 0.4) is 0 Å². The molecule has 188 valence electrons. The molecular weight excluding hydrogens is 489 g/mol. The summed E-state index contributed by atoms with van der Waals surface area (Å²) >= 11 is 0. The summed E-state index contributed by atoms with van der Waals surface area (Å²) in [5.41, 5.74) is 4.64. The van der Waals surface area contributed by atoms with Crippen LogP contribution in [0.15, 0.2) is 61.1 Å². The van der Waals surface area contributed by atoms with Gasteiger partial charge in [0.2, 0.25) is 10.0 Å². The van der Waals surface area contributed by atoms with E-state index in [9.17, 15) is 21.6 Å². The molecule has 3 aromatic rings. The highest BCUT2D eigenvalue weighted by atomic mass is 32.2. The SMILES string of the molecule is O=S(=O)(Cc1ccncn1)N1CCc2c(cccc2-c2ccc(C(F)(F)F)cc2C2=CCNCC2)C1. The number of halogens is 3. The minimum absolute atomic E-state index is 0.208. The highest BCUT2D eigenvalue weighted by Crippen LogP contribution is 2.40. The molecule has 0 spiro atoms. The predicted octanol–water partition coefficient (Wildman–Crippen LogP) is 4.43. The molecule has 0 radical (unpaired) electrons. The molecule has 0 bridgehead atoms. The van der Waals surface area contributed by atoms with Crippen LogP contribution >= 0.6 is 0 Å². The third-order valence-electron chi connectivity index (χ3n) is 6.64. The summed E-state index contributed by atoms with van der Waals surface area (Å²) in [6, 6.07) is 11.1. The van der Waals surface area contributed by atoms with Gasteiger partial charge in [-0.05, 0) is 71.0 Å². The quantitative estimate of drug-likeness (QED) is 0.546. The van der Waals surface area contributed by atoms with Gasteiger partial charge in [0.15, 0.2) is 0 Å². The normalized spacial score (nSPS) is 16.9. The zero-order valence-corrected chi connectivity index (χ0v) is 20.2. The Bertz CT molecular complexity index is 1410. The molecule has 6 nitrogen and oxygen atoms in total. The van der Waals surface area contributed by atoms with Crippen LogP contribution in [0.2, 0.25) is 0 Å². The first-order valence-corrected chi connectivity index (χ1v) is 13.3. The molecule has 0 saturated heterocycles. The van der Waals surface area contributed by atoms with E-state index in [1.165, 1.54) is 22.9 Å². The summed E-state index contributed by atoms with van der Waals surface area (Å²) in [5, 5.41) is 3.21. The highest BCUT2D eigenvalue weighted by molar-refractivity contribution is 7.88. The molecule has 2 aromatic carbocycles. The monoisotopic (exact) mass is 514 g/mol. The van der Waals surface area contributed by atoms with Crippen molar-refractivity contribution >= 4 is 15.6 Å². The van der Waals surface area contributed by atoms with Crippen molar-refractivity contribution in [3.63, 3.8) is 0 Å². The van der Waals surface area contributed by atoms with E-state index in [0.29, 0.717) is 43.7 Å². The number of aromatic nitrogens is 2. The van der Waals surface area contributed by atoms with Gasteiger partial charge in [-0.25, -0.2) is 18.4 Å². The molecule has 0 unspecified atom stereocenters. The summed E-state index contributed by atoms with van der Waals surface area (Å²) < 4.78 is 68.2. The van der Waals surface area contributed by atoms with Crippen molar-refractivity contribution in [1.82, 2.24) is 19.6 Å². The third kappa shape index (κ3) is 5.07. The number of benzene rings is 2. The fourth-order valence-electron chi connectivity index (χ4n) is 4.84. The van der Waals surface area contributed by atoms with Gasteiger partial charge in [-0.1, -0.05) is 30.3 Å². The number of alkyl halides is 3. The molecule has 3 heterocycles. The van der Waals surface area contributed by atoms with E-state index in [1.807, 2.05) is 24.3 Å². The molecular formula is C26H25F3N4O2S. The van der Waals surface area contributed by atoms with Crippen LogP contribution in [-0.2, 0) is 34.9 Å². The summed E-state index contributed by atoms with van der Waals surface area (Å²) in [6.07, 6.45) is 1.44. The molecule has 2 aliphatic heterocycles. The van der Waals surface area contributed by atoms with Crippen molar-refractivity contribution in [3.8, 4) is 11.1 Å². The van der Waals surface area contributed by atoms with E-state index in [4.69, 9.17) is 0 Å². The van der Waals surface area contributed by atoms with Crippen LogP contribution in [0, 0.1) is 0 Å². The molecule has 10 heteroatoms. The number of fused-ring (bicyclic) bond motifs is 1. The lowest BCUT2D eigenvalue weighted by Crippen LogP contribution is -2.37. The molecule has 0 atom stereocenters. The van der Waals surface area contributed by atoms with Crippen molar-refractivity contribution < 1.29 is 21.6 Å². The Morgan fingerprint density at radius 1 is 1.03 bits per heavy atom. The van der Waals surface area contributed by atoms with Gasteiger partial charge in [0, 0.05) is 25.8 Å². The van der Waals surface area contributed by atoms with Crippen LogP contribution < -0.4 is 5.32 Å². The summed E-state index contributed by atoms with van der Waals surface area (Å²) in [6.45, 7) is 1.81. The maximum absolute atomic E-state index is 13.6. The smallest absolute Gasteiger partial charge is 0.313 e. The van der Waals surface area contributed by atoms with Crippen molar-refractivity contribution in [3.05, 3.63) is 89.0 Å². The van der Waals surface area contributed by atoms with Crippen molar-refractivity contribution in [2.75, 3.05) is 19.6 Å². The number of rotatable bonds is 5. The Hall–Kier alpha value is -3.08. The lowest BCUT2D eigenvalue weighted by molar-refractivity contribution is -0.137. The first-order valence-electron chi connectivity index (χ1n) is 11.7. The number of sulfonamides is 1. The van der Waals surface area contributed by atoms with E-state index >= 15 is 0 Å². The van der Waals surface area contributed by atoms with Gasteiger partial charge in [-0.15, -0.1) is 0 Å². The minimum Gasteiger partial charge on any atom is -0.313 e. The largest absolute Gasteiger partial charge is 0.416 e. The Morgan fingerprint density at radius 3 is 2.61 bits per heavy atom. The topological polar surface area (TPSA) is 75.2 Å². The third-order valence-corrected chi connectivity index (χ3v) is 8.40. The van der Waals surface area contributed by atoms with Gasteiger partial charge in [0.1, 0.15) is 12.1 Å². The van der Waals surface area contributed by atoms with E-state index in [2.05, 4.69) is 15.3 Å².